The molecule has 0 rings (SSSR count). The van der Waals surface area contributed by atoms with E-state index in [1.165, 1.54) is 25.7 Å². The third-order valence-electron chi connectivity index (χ3n) is 3.36. The molecule has 29 heavy (non-hydrogen) atoms. The Morgan fingerprint density at radius 2 is 1.10 bits per heavy atom. The van der Waals surface area contributed by atoms with Crippen LogP contribution < -0.4 is 21.7 Å². The number of aliphatic carboxylic acids is 4. The molecule has 0 unspecified atom stereocenters. The van der Waals surface area contributed by atoms with Crippen molar-refractivity contribution in [3.63, 3.8) is 0 Å². The Hall–Kier alpha value is -1.40. The van der Waals surface area contributed by atoms with Gasteiger partial charge in [0.05, 0.1) is 11.9 Å². The van der Waals surface area contributed by atoms with Crippen LogP contribution in [-0.4, -0.2) is 67.3 Å². The molecule has 11 heteroatoms. The van der Waals surface area contributed by atoms with Crippen LogP contribution in [0.2, 0.25) is 8.87 Å². The molecule has 0 fully saturated rings. The molecule has 0 aromatic rings. The van der Waals surface area contributed by atoms with E-state index in [0.29, 0.717) is 0 Å². The van der Waals surface area contributed by atoms with Crippen LogP contribution in [0, 0.1) is 0 Å². The number of rotatable bonds is 14. The minimum absolute atomic E-state index is 0.0856. The van der Waals surface area contributed by atoms with Gasteiger partial charge in [0.25, 0.3) is 0 Å². The Kier molecular flexibility index (Phi) is 25.5. The van der Waals surface area contributed by atoms with Gasteiger partial charge in [-0.2, -0.15) is 0 Å². The normalized spacial score (nSPS) is 11.4. The maximum absolute atomic E-state index is 9.88. The summed E-state index contributed by atoms with van der Waals surface area (Å²) in [7, 11) is 0. The van der Waals surface area contributed by atoms with E-state index < -0.39 is 36.0 Å². The average Bonchev–Trinajstić information content (AvgIpc) is 2.64. The molecule has 6 N–H and O–H groups in total. The molecule has 0 heterocycles. The molecule has 0 aromatic carbocycles. The summed E-state index contributed by atoms with van der Waals surface area (Å²) in [6.45, 7) is 4.58. The average molecular weight is 525 g/mol. The van der Waals surface area contributed by atoms with Gasteiger partial charge in [-0.15, -0.1) is 0 Å². The summed E-state index contributed by atoms with van der Waals surface area (Å²) >= 11 is 0.149. The second kappa shape index (κ2) is 22.9. The summed E-state index contributed by atoms with van der Waals surface area (Å²) in [5, 5.41) is 35.9. The van der Waals surface area contributed by atoms with Crippen molar-refractivity contribution < 1.29 is 39.6 Å². The quantitative estimate of drug-likeness (QED) is 0.160. The molecule has 0 radical (unpaired) electrons. The number of hydrogen-bond donors (Lipinski definition) is 4. The van der Waals surface area contributed by atoms with Crippen molar-refractivity contribution in [2.24, 2.45) is 11.5 Å². The van der Waals surface area contributed by atoms with Gasteiger partial charge < -0.3 is 41.5 Å². The first-order valence-corrected chi connectivity index (χ1v) is 13.6. The Bertz CT molecular complexity index is 423. The number of carbonyl (C=O) groups is 4. The van der Waals surface area contributed by atoms with Gasteiger partial charge >= 0.3 is 81.5 Å². The maximum Gasteiger partial charge on any atom is 0.303 e. The van der Waals surface area contributed by atoms with E-state index >= 15 is 0 Å². The monoisotopic (exact) mass is 526 g/mol. The largest absolute Gasteiger partial charge is 0.548 e. The van der Waals surface area contributed by atoms with Gasteiger partial charge in [0.15, 0.2) is 0 Å². The zero-order chi connectivity index (χ0) is 23.2. The topological polar surface area (TPSA) is 207 Å². The molecule has 2 atom stereocenters. The molecule has 0 aliphatic heterocycles. The zero-order valence-corrected chi connectivity index (χ0v) is 20.1. The van der Waals surface area contributed by atoms with Gasteiger partial charge in [-0.1, -0.05) is 0 Å². The van der Waals surface area contributed by atoms with Gasteiger partial charge in [0.1, 0.15) is 0 Å². The van der Waals surface area contributed by atoms with Crippen LogP contribution in [0.1, 0.15) is 65.2 Å². The van der Waals surface area contributed by atoms with E-state index in [1.54, 1.807) is 8.87 Å². The number of unbranched alkanes of at least 4 members (excludes halogenated alkanes) is 2. The molecule has 0 amide bonds. The number of carbonyl (C=O) groups excluding carboxylic acids is 2. The first-order chi connectivity index (χ1) is 13.5. The van der Waals surface area contributed by atoms with Crippen molar-refractivity contribution in [2.45, 2.75) is 86.2 Å². The van der Waals surface area contributed by atoms with Gasteiger partial charge in [-0.05, 0) is 12.8 Å². The third kappa shape index (κ3) is 31.5. The van der Waals surface area contributed by atoms with E-state index in [4.69, 9.17) is 21.7 Å². The molecule has 0 spiro atoms. The van der Waals surface area contributed by atoms with Crippen LogP contribution in [0.15, 0.2) is 0 Å². The molecule has 0 saturated carbocycles. The van der Waals surface area contributed by atoms with E-state index in [0.717, 1.165) is 0 Å². The summed E-state index contributed by atoms with van der Waals surface area (Å²) in [5.41, 5.74) is 9.88. The standard InChI is InChI=1S/2C5H9NO4.2C4H9.Sn/c2*6-3(5(9)10)1-2-4(7)8;2*1-3-4-2;/h2*3H,1-2,6H2,(H,7,8)(H,9,10);2*1,3-4H2,2H3;/q;;;;+2/p-2/t2*3-;;;/m00.../s1. The number of hydrogen-bond acceptors (Lipinski definition) is 8. The van der Waals surface area contributed by atoms with Crippen molar-refractivity contribution in [3.05, 3.63) is 0 Å². The SMILES string of the molecule is CCC[CH2][Sn+2][CH2]CCC.N[C@@H](CCC(=O)O)C(=O)[O-].N[C@@H](CCC(=O)O)C(=O)[O-]. The molecule has 10 nitrogen and oxygen atoms in total. The summed E-state index contributed by atoms with van der Waals surface area (Å²) < 4.78 is 3.25. The summed E-state index contributed by atoms with van der Waals surface area (Å²) in [6, 6.07) is -2.34. The molecule has 0 bridgehead atoms. The van der Waals surface area contributed by atoms with Crippen molar-refractivity contribution in [3.8, 4) is 0 Å². The van der Waals surface area contributed by atoms with E-state index in [2.05, 4.69) is 13.8 Å². The Morgan fingerprint density at radius 3 is 1.31 bits per heavy atom. The van der Waals surface area contributed by atoms with Crippen molar-refractivity contribution >= 4 is 45.0 Å². The fraction of sp³-hybridized carbons (Fsp3) is 0.778. The van der Waals surface area contributed by atoms with Crippen LogP contribution in [0.5, 0.6) is 0 Å². The number of carboxylic acids is 4. The fourth-order valence-electron chi connectivity index (χ4n) is 1.52. The second-order valence-corrected chi connectivity index (χ2v) is 10.5. The second-order valence-electron chi connectivity index (χ2n) is 6.17. The minimum Gasteiger partial charge on any atom is -0.548 e. The minimum atomic E-state index is -1.42. The Morgan fingerprint density at radius 1 is 0.793 bits per heavy atom. The van der Waals surface area contributed by atoms with E-state index in [1.807, 2.05) is 0 Å². The van der Waals surface area contributed by atoms with Crippen molar-refractivity contribution in [2.75, 3.05) is 0 Å². The van der Waals surface area contributed by atoms with Gasteiger partial charge in [0.2, 0.25) is 0 Å². The third-order valence-corrected chi connectivity index (χ3v) is 7.39. The predicted molar refractivity (Wildman–Crippen MR) is 105 cm³/mol. The van der Waals surface area contributed by atoms with Crippen molar-refractivity contribution in [1.29, 1.82) is 0 Å². The molecular weight excluding hydrogens is 491 g/mol. The van der Waals surface area contributed by atoms with Gasteiger partial charge in [0, 0.05) is 24.9 Å². The molecule has 0 aromatic heterocycles. The van der Waals surface area contributed by atoms with E-state index in [-0.39, 0.29) is 46.8 Å². The number of carboxylic acid groups (broad SMARTS) is 4. The van der Waals surface area contributed by atoms with E-state index in [9.17, 15) is 29.4 Å². The maximum atomic E-state index is 9.88. The van der Waals surface area contributed by atoms with Crippen LogP contribution in [0.25, 0.3) is 0 Å². The molecule has 0 saturated heterocycles. The molecular formula is C18H34N2O8Sn. The predicted octanol–water partition coefficient (Wildman–Crippen LogP) is -1.02. The zero-order valence-electron chi connectivity index (χ0n) is 17.2. The molecule has 0 aliphatic rings. The Labute approximate surface area is 182 Å². The molecule has 0 aliphatic carbocycles. The van der Waals surface area contributed by atoms with Crippen LogP contribution in [0.3, 0.4) is 0 Å². The summed E-state index contributed by atoms with van der Waals surface area (Å²) in [6.07, 6.45) is 5.19. The Balaban J connectivity index is -0.000000350. The fourth-order valence-corrected chi connectivity index (χ4v) is 5.68. The van der Waals surface area contributed by atoms with Gasteiger partial charge in [-0.25, -0.2) is 0 Å². The van der Waals surface area contributed by atoms with Gasteiger partial charge in [-0.3, -0.25) is 9.59 Å². The number of nitrogens with two attached hydrogens (primary N) is 2. The summed E-state index contributed by atoms with van der Waals surface area (Å²) in [5.74, 6) is -4.95. The smallest absolute Gasteiger partial charge is 0.303 e. The van der Waals surface area contributed by atoms with Crippen LogP contribution in [0.4, 0.5) is 0 Å². The van der Waals surface area contributed by atoms with Crippen LogP contribution >= 0.6 is 0 Å². The first-order valence-electron chi connectivity index (χ1n) is 9.56. The molecule has 168 valence electrons. The first kappa shape index (κ1) is 32.3. The van der Waals surface area contributed by atoms with Crippen molar-refractivity contribution in [1.82, 2.24) is 0 Å². The summed E-state index contributed by atoms with van der Waals surface area (Å²) in [4.78, 5) is 39.5. The van der Waals surface area contributed by atoms with Crippen LogP contribution in [-0.2, 0) is 19.2 Å².